The number of hydrogen-bond acceptors (Lipinski definition) is 5. The average molecular weight is 313 g/mol. The minimum atomic E-state index is -3.58. The van der Waals surface area contributed by atoms with Gasteiger partial charge in [0.25, 0.3) is 0 Å². The quantitative estimate of drug-likeness (QED) is 0.607. The van der Waals surface area contributed by atoms with Crippen LogP contribution in [0.1, 0.15) is 6.92 Å². The highest BCUT2D eigenvalue weighted by atomic mass is 32.2. The maximum Gasteiger partial charge on any atom is 0.240 e. The van der Waals surface area contributed by atoms with Crippen molar-refractivity contribution in [1.29, 1.82) is 0 Å². The number of rotatable bonds is 7. The molecule has 0 bridgehead atoms. The lowest BCUT2D eigenvalue weighted by molar-refractivity contribution is 0.162. The third-order valence-electron chi connectivity index (χ3n) is 2.71. The molecule has 0 amide bonds. The summed E-state index contributed by atoms with van der Waals surface area (Å²) in [6, 6.07) is 4.55. The first-order valence-corrected chi connectivity index (χ1v) is 8.09. The predicted molar refractivity (Wildman–Crippen MR) is 78.3 cm³/mol. The number of ether oxygens (including phenoxy) is 3. The van der Waals surface area contributed by atoms with Gasteiger partial charge >= 0.3 is 0 Å². The van der Waals surface area contributed by atoms with Crippen molar-refractivity contribution in [3.05, 3.63) is 30.4 Å². The van der Waals surface area contributed by atoms with Crippen LogP contribution in [-0.2, 0) is 14.8 Å². The van der Waals surface area contributed by atoms with E-state index in [1.807, 2.05) is 6.92 Å². The summed E-state index contributed by atoms with van der Waals surface area (Å²) in [6.07, 6.45) is 0. The Hall–Kier alpha value is -1.57. The van der Waals surface area contributed by atoms with Gasteiger partial charge in [-0.1, -0.05) is 12.2 Å². The van der Waals surface area contributed by atoms with Gasteiger partial charge in [-0.05, 0) is 19.1 Å². The fourth-order valence-electron chi connectivity index (χ4n) is 1.77. The fraction of sp³-hybridized carbons (Fsp3) is 0.429. The van der Waals surface area contributed by atoms with Crippen LogP contribution in [0, 0.1) is 0 Å². The molecule has 0 saturated carbocycles. The number of hydrogen-bond donors (Lipinski definition) is 1. The molecule has 0 saturated heterocycles. The summed E-state index contributed by atoms with van der Waals surface area (Å²) in [6.45, 7) is 7.34. The van der Waals surface area contributed by atoms with Crippen LogP contribution in [0.25, 0.3) is 0 Å². The van der Waals surface area contributed by atoms with Gasteiger partial charge in [0.05, 0.1) is 18.1 Å². The first-order chi connectivity index (χ1) is 9.99. The van der Waals surface area contributed by atoms with E-state index in [4.69, 9.17) is 14.2 Å². The van der Waals surface area contributed by atoms with Crippen LogP contribution in [-0.4, -0.2) is 41.4 Å². The Kier molecular flexibility index (Phi) is 5.22. The summed E-state index contributed by atoms with van der Waals surface area (Å²) in [4.78, 5) is 0.145. The van der Waals surface area contributed by atoms with Crippen LogP contribution in [0.4, 0.5) is 0 Å². The molecule has 0 aromatic heterocycles. The van der Waals surface area contributed by atoms with Crippen LogP contribution in [0.3, 0.4) is 0 Å². The monoisotopic (exact) mass is 313 g/mol. The van der Waals surface area contributed by atoms with Crippen molar-refractivity contribution in [2.24, 2.45) is 0 Å². The molecular weight excluding hydrogens is 294 g/mol. The van der Waals surface area contributed by atoms with Crippen molar-refractivity contribution in [3.63, 3.8) is 0 Å². The third-order valence-corrected chi connectivity index (χ3v) is 4.17. The molecule has 0 fully saturated rings. The summed E-state index contributed by atoms with van der Waals surface area (Å²) < 4.78 is 42.7. The lowest BCUT2D eigenvalue weighted by Gasteiger charge is -2.18. The van der Waals surface area contributed by atoms with E-state index in [1.165, 1.54) is 12.1 Å². The molecule has 1 heterocycles. The van der Waals surface area contributed by atoms with Crippen molar-refractivity contribution in [2.75, 3.05) is 33.0 Å². The molecule has 1 aliphatic heterocycles. The molecule has 116 valence electrons. The van der Waals surface area contributed by atoms with Crippen LogP contribution < -0.4 is 14.2 Å². The molecular formula is C14H19NO5S. The first kappa shape index (κ1) is 15.8. The van der Waals surface area contributed by atoms with Gasteiger partial charge in [0, 0.05) is 12.6 Å². The molecule has 1 aromatic rings. The minimum Gasteiger partial charge on any atom is -0.486 e. The third kappa shape index (κ3) is 4.45. The second-order valence-electron chi connectivity index (χ2n) is 4.71. The molecule has 2 rings (SSSR count). The number of sulfonamides is 1. The van der Waals surface area contributed by atoms with E-state index in [0.29, 0.717) is 31.3 Å². The van der Waals surface area contributed by atoms with Crippen LogP contribution >= 0.6 is 0 Å². The summed E-state index contributed by atoms with van der Waals surface area (Å²) in [5.74, 6) is 1.01. The van der Waals surface area contributed by atoms with E-state index in [0.717, 1.165) is 5.57 Å². The maximum absolute atomic E-state index is 12.1. The highest BCUT2D eigenvalue weighted by Gasteiger charge is 2.18. The van der Waals surface area contributed by atoms with Gasteiger partial charge in [0.15, 0.2) is 11.5 Å². The lowest BCUT2D eigenvalue weighted by Crippen LogP contribution is -2.28. The van der Waals surface area contributed by atoms with Gasteiger partial charge in [-0.15, -0.1) is 0 Å². The second-order valence-corrected chi connectivity index (χ2v) is 6.48. The van der Waals surface area contributed by atoms with Gasteiger partial charge < -0.3 is 14.2 Å². The minimum absolute atomic E-state index is 0.145. The molecule has 0 spiro atoms. The Morgan fingerprint density at radius 1 is 1.33 bits per heavy atom. The average Bonchev–Trinajstić information content (AvgIpc) is 2.46. The van der Waals surface area contributed by atoms with Crippen LogP contribution in [0.15, 0.2) is 35.2 Å². The zero-order valence-electron chi connectivity index (χ0n) is 11.9. The smallest absolute Gasteiger partial charge is 0.240 e. The lowest BCUT2D eigenvalue weighted by atomic mass is 10.3. The molecule has 0 unspecified atom stereocenters. The van der Waals surface area contributed by atoms with Gasteiger partial charge in [-0.3, -0.25) is 0 Å². The van der Waals surface area contributed by atoms with E-state index in [1.54, 1.807) is 6.07 Å². The molecule has 0 atom stereocenters. The van der Waals surface area contributed by atoms with Crippen LogP contribution in [0.2, 0.25) is 0 Å². The first-order valence-electron chi connectivity index (χ1n) is 6.60. The molecule has 6 nitrogen and oxygen atoms in total. The Morgan fingerprint density at radius 3 is 2.76 bits per heavy atom. The van der Waals surface area contributed by atoms with Crippen molar-refractivity contribution in [1.82, 2.24) is 4.72 Å². The van der Waals surface area contributed by atoms with E-state index in [2.05, 4.69) is 11.3 Å². The largest absolute Gasteiger partial charge is 0.486 e. The highest BCUT2D eigenvalue weighted by Crippen LogP contribution is 2.32. The standard InChI is InChI=1S/C14H19NO5S/c1-11(2)10-18-6-5-15-21(16,17)12-3-4-13-14(9-12)20-8-7-19-13/h3-4,9,15H,1,5-8,10H2,2H3. The van der Waals surface area contributed by atoms with Gasteiger partial charge in [0.1, 0.15) is 13.2 Å². The topological polar surface area (TPSA) is 73.9 Å². The van der Waals surface area contributed by atoms with Crippen LogP contribution in [0.5, 0.6) is 11.5 Å². The summed E-state index contributed by atoms with van der Waals surface area (Å²) in [7, 11) is -3.58. The van der Waals surface area contributed by atoms with Gasteiger partial charge in [0.2, 0.25) is 10.0 Å². The predicted octanol–water partition coefficient (Wildman–Crippen LogP) is 1.33. The zero-order valence-corrected chi connectivity index (χ0v) is 12.7. The number of benzene rings is 1. The Morgan fingerprint density at radius 2 is 2.05 bits per heavy atom. The Bertz CT molecular complexity index is 612. The normalized spacial score (nSPS) is 14.0. The number of nitrogens with one attached hydrogen (secondary N) is 1. The summed E-state index contributed by atoms with van der Waals surface area (Å²) in [5.41, 5.74) is 0.893. The second kappa shape index (κ2) is 6.93. The summed E-state index contributed by atoms with van der Waals surface area (Å²) >= 11 is 0. The van der Waals surface area contributed by atoms with Crippen molar-refractivity contribution >= 4 is 10.0 Å². The molecule has 21 heavy (non-hydrogen) atoms. The molecule has 7 heteroatoms. The van der Waals surface area contributed by atoms with Gasteiger partial charge in [-0.2, -0.15) is 0 Å². The molecule has 0 radical (unpaired) electrons. The SMILES string of the molecule is C=C(C)COCCNS(=O)(=O)c1ccc2c(c1)OCCO2. The summed E-state index contributed by atoms with van der Waals surface area (Å²) in [5, 5.41) is 0. The van der Waals surface area contributed by atoms with E-state index < -0.39 is 10.0 Å². The Labute approximate surface area is 124 Å². The van der Waals surface area contributed by atoms with E-state index >= 15 is 0 Å². The van der Waals surface area contributed by atoms with Gasteiger partial charge in [-0.25, -0.2) is 13.1 Å². The van der Waals surface area contributed by atoms with Crippen molar-refractivity contribution in [2.45, 2.75) is 11.8 Å². The molecule has 1 aromatic carbocycles. The highest BCUT2D eigenvalue weighted by molar-refractivity contribution is 7.89. The number of fused-ring (bicyclic) bond motifs is 1. The van der Waals surface area contributed by atoms with Crippen molar-refractivity contribution < 1.29 is 22.6 Å². The molecule has 0 aliphatic carbocycles. The molecule has 1 aliphatic rings. The Balaban J connectivity index is 1.94. The zero-order chi connectivity index (χ0) is 15.3. The molecule has 1 N–H and O–H groups in total. The van der Waals surface area contributed by atoms with E-state index in [-0.39, 0.29) is 18.0 Å². The maximum atomic E-state index is 12.1. The van der Waals surface area contributed by atoms with E-state index in [9.17, 15) is 8.42 Å². The van der Waals surface area contributed by atoms with Crippen molar-refractivity contribution in [3.8, 4) is 11.5 Å². The fourth-order valence-corrected chi connectivity index (χ4v) is 2.80.